The lowest BCUT2D eigenvalue weighted by Crippen LogP contribution is -2.29. The van der Waals surface area contributed by atoms with E-state index in [2.05, 4.69) is 71.0 Å². The number of aromatic nitrogens is 4. The Labute approximate surface area is 184 Å². The third kappa shape index (κ3) is 16.7. The maximum absolute atomic E-state index is 9.75. The van der Waals surface area contributed by atoms with E-state index < -0.39 is 14.5 Å². The summed E-state index contributed by atoms with van der Waals surface area (Å²) >= 11 is 0. The van der Waals surface area contributed by atoms with Crippen LogP contribution in [0.4, 0.5) is 34.5 Å². The molecule has 2 rings (SSSR count). The molecule has 0 N–H and O–H groups in total. The molecule has 0 aliphatic rings. The van der Waals surface area contributed by atoms with E-state index in [4.69, 9.17) is 0 Å². The van der Waals surface area contributed by atoms with Crippen LogP contribution < -0.4 is 9.13 Å². The van der Waals surface area contributed by atoms with Gasteiger partial charge in [0, 0.05) is 13.8 Å². The first kappa shape index (κ1) is 30.0. The Kier molecular flexibility index (Phi) is 13.3. The summed E-state index contributed by atoms with van der Waals surface area (Å²) in [6.07, 6.45) is 16.7. The second-order valence-corrected chi connectivity index (χ2v) is 7.41. The molecule has 0 aliphatic heterocycles. The average Bonchev–Trinajstić information content (AvgIpc) is 3.11. The molecule has 0 radical (unpaired) electrons. The molecule has 0 aromatic carbocycles. The van der Waals surface area contributed by atoms with Gasteiger partial charge in [-0.3, -0.25) is 0 Å². The van der Waals surface area contributed by atoms with Gasteiger partial charge in [0.1, 0.15) is 24.8 Å². The van der Waals surface area contributed by atoms with Crippen molar-refractivity contribution in [2.24, 2.45) is 14.1 Å². The van der Waals surface area contributed by atoms with E-state index in [1.807, 2.05) is 0 Å². The maximum atomic E-state index is 9.75. The molecule has 2 aromatic rings. The second kappa shape index (κ2) is 14.2. The lowest BCUT2D eigenvalue weighted by molar-refractivity contribution is -0.677. The van der Waals surface area contributed by atoms with Gasteiger partial charge in [-0.2, -0.15) is 0 Å². The Balaban J connectivity index is 0.000000805. The van der Waals surface area contributed by atoms with Crippen LogP contribution in [0.2, 0.25) is 0 Å². The summed E-state index contributed by atoms with van der Waals surface area (Å²) < 4.78 is 87.1. The highest BCUT2D eigenvalue weighted by Gasteiger charge is 2.21. The van der Waals surface area contributed by atoms with Crippen molar-refractivity contribution in [1.82, 2.24) is 9.13 Å². The molecular weight excluding hydrogens is 446 g/mol. The molecule has 0 spiro atoms. The van der Waals surface area contributed by atoms with Crippen molar-refractivity contribution in [3.63, 3.8) is 0 Å². The minimum atomic E-state index is -6.00. The summed E-state index contributed by atoms with van der Waals surface area (Å²) in [7, 11) is -7.78. The Morgan fingerprint density at radius 3 is 1.06 bits per heavy atom. The van der Waals surface area contributed by atoms with E-state index in [1.165, 1.54) is 50.2 Å². The van der Waals surface area contributed by atoms with Crippen molar-refractivity contribution in [2.75, 3.05) is 0 Å². The smallest absolute Gasteiger partial charge is 0.418 e. The molecule has 0 saturated carbocycles. The van der Waals surface area contributed by atoms with Crippen LogP contribution in [-0.4, -0.2) is 23.6 Å². The standard InChI is InChI=1S/C18H32N4.2BF4/c1-17-19(3)13-15-21(17)11-9-7-5-6-8-10-12-22-16-14-20(4)18(22)2;2*2-1(3,4)5/h13-16H,5-12H2,1-4H3;;/q+2;2*-1. The van der Waals surface area contributed by atoms with Crippen LogP contribution in [0.15, 0.2) is 24.8 Å². The number of halogens is 8. The molecule has 0 atom stereocenters. The minimum Gasteiger partial charge on any atom is -0.418 e. The first-order chi connectivity index (χ1) is 14.6. The number of hydrogen-bond donors (Lipinski definition) is 0. The Bertz CT molecular complexity index is 696. The lowest BCUT2D eigenvalue weighted by Gasteiger charge is -2.02. The van der Waals surface area contributed by atoms with Gasteiger partial charge < -0.3 is 34.5 Å². The van der Waals surface area contributed by atoms with Crippen LogP contribution in [0.25, 0.3) is 0 Å². The van der Waals surface area contributed by atoms with Gasteiger partial charge in [-0.15, -0.1) is 0 Å². The molecule has 0 unspecified atom stereocenters. The summed E-state index contributed by atoms with van der Waals surface area (Å²) in [6.45, 7) is 6.68. The van der Waals surface area contributed by atoms with Crippen LogP contribution in [0.3, 0.4) is 0 Å². The molecular formula is C18H32B2F8N4. The van der Waals surface area contributed by atoms with E-state index in [9.17, 15) is 34.5 Å². The monoisotopic (exact) mass is 478 g/mol. The SMILES string of the molecule is Cc1n(CCCCCCCCn2cc[n+](C)c2C)cc[n+]1C.F[B-](F)(F)F.F[B-](F)(F)F. The van der Waals surface area contributed by atoms with Crippen LogP contribution in [0.5, 0.6) is 0 Å². The summed E-state index contributed by atoms with van der Waals surface area (Å²) in [5.74, 6) is 2.69. The molecule has 0 saturated heterocycles. The van der Waals surface area contributed by atoms with E-state index in [0.717, 1.165) is 13.1 Å². The van der Waals surface area contributed by atoms with Crippen molar-refractivity contribution in [3.8, 4) is 0 Å². The average molecular weight is 478 g/mol. The summed E-state index contributed by atoms with van der Waals surface area (Å²) in [4.78, 5) is 0. The van der Waals surface area contributed by atoms with Gasteiger partial charge in [0.2, 0.25) is 0 Å². The van der Waals surface area contributed by atoms with Gasteiger partial charge in [-0.05, 0) is 25.7 Å². The zero-order chi connectivity index (χ0) is 24.9. The van der Waals surface area contributed by atoms with E-state index >= 15 is 0 Å². The Morgan fingerprint density at radius 2 is 0.844 bits per heavy atom. The van der Waals surface area contributed by atoms with E-state index in [1.54, 1.807) is 0 Å². The quantitative estimate of drug-likeness (QED) is 0.204. The van der Waals surface area contributed by atoms with E-state index in [0.29, 0.717) is 0 Å². The number of rotatable bonds is 9. The predicted molar refractivity (Wildman–Crippen MR) is 109 cm³/mol. The third-order valence-corrected chi connectivity index (χ3v) is 4.84. The molecule has 2 heterocycles. The molecule has 186 valence electrons. The third-order valence-electron chi connectivity index (χ3n) is 4.84. The highest BCUT2D eigenvalue weighted by Crippen LogP contribution is 2.09. The fourth-order valence-corrected chi connectivity index (χ4v) is 2.94. The van der Waals surface area contributed by atoms with Crippen molar-refractivity contribution in [2.45, 2.75) is 65.5 Å². The highest BCUT2D eigenvalue weighted by molar-refractivity contribution is 6.50. The molecule has 32 heavy (non-hydrogen) atoms. The fourth-order valence-electron chi connectivity index (χ4n) is 2.94. The van der Waals surface area contributed by atoms with Gasteiger partial charge in [0.05, 0.1) is 27.2 Å². The molecule has 4 nitrogen and oxygen atoms in total. The molecule has 0 bridgehead atoms. The van der Waals surface area contributed by atoms with Crippen molar-refractivity contribution >= 4 is 14.5 Å². The van der Waals surface area contributed by atoms with Gasteiger partial charge >= 0.3 is 14.5 Å². The predicted octanol–water partition coefficient (Wildman–Crippen LogP) is 5.20. The number of imidazole rings is 2. The first-order valence-electron chi connectivity index (χ1n) is 10.4. The summed E-state index contributed by atoms with van der Waals surface area (Å²) in [6, 6.07) is 0. The van der Waals surface area contributed by atoms with Crippen molar-refractivity contribution < 1.29 is 43.7 Å². The fraction of sp³-hybridized carbons (Fsp3) is 0.667. The van der Waals surface area contributed by atoms with E-state index in [-0.39, 0.29) is 0 Å². The Hall–Kier alpha value is -2.01. The number of aryl methyl sites for hydroxylation is 4. The van der Waals surface area contributed by atoms with Gasteiger partial charge in [0.15, 0.2) is 0 Å². The minimum absolute atomic E-state index is 1.16. The molecule has 2 aromatic heterocycles. The lowest BCUT2D eigenvalue weighted by atomic mass is 10.1. The summed E-state index contributed by atoms with van der Waals surface area (Å²) in [5.41, 5.74) is 0. The van der Waals surface area contributed by atoms with Crippen LogP contribution >= 0.6 is 0 Å². The number of hydrogen-bond acceptors (Lipinski definition) is 0. The number of nitrogens with zero attached hydrogens (tertiary/aromatic N) is 4. The van der Waals surface area contributed by atoms with Crippen LogP contribution in [0.1, 0.15) is 50.2 Å². The van der Waals surface area contributed by atoms with Gasteiger partial charge in [0.25, 0.3) is 11.6 Å². The van der Waals surface area contributed by atoms with Crippen LogP contribution in [0, 0.1) is 13.8 Å². The molecule has 14 heteroatoms. The highest BCUT2D eigenvalue weighted by atomic mass is 19.5. The number of unbranched alkanes of at least 4 members (excludes halogenated alkanes) is 5. The normalized spacial score (nSPS) is 11.5. The second-order valence-electron chi connectivity index (χ2n) is 7.41. The maximum Gasteiger partial charge on any atom is 0.673 e. The zero-order valence-electron chi connectivity index (χ0n) is 18.9. The van der Waals surface area contributed by atoms with Crippen LogP contribution in [-0.2, 0) is 27.2 Å². The largest absolute Gasteiger partial charge is 0.673 e. The molecule has 0 amide bonds. The first-order valence-corrected chi connectivity index (χ1v) is 10.4. The molecule has 0 fully saturated rings. The van der Waals surface area contributed by atoms with Crippen molar-refractivity contribution in [1.29, 1.82) is 0 Å². The summed E-state index contributed by atoms with van der Waals surface area (Å²) in [5, 5.41) is 0. The van der Waals surface area contributed by atoms with Crippen molar-refractivity contribution in [3.05, 3.63) is 36.4 Å². The Morgan fingerprint density at radius 1 is 0.594 bits per heavy atom. The van der Waals surface area contributed by atoms with Gasteiger partial charge in [-0.1, -0.05) is 12.8 Å². The molecule has 0 aliphatic carbocycles. The zero-order valence-corrected chi connectivity index (χ0v) is 18.9. The topological polar surface area (TPSA) is 17.6 Å². The van der Waals surface area contributed by atoms with Gasteiger partial charge in [-0.25, -0.2) is 18.3 Å².